The van der Waals surface area contributed by atoms with Crippen LogP contribution in [0.2, 0.25) is 0 Å². The third kappa shape index (κ3) is 9.78. The Morgan fingerprint density at radius 1 is 1.12 bits per heavy atom. The van der Waals surface area contributed by atoms with Crippen LogP contribution in [0.15, 0.2) is 88.1 Å². The number of halogens is 6. The zero-order valence-corrected chi connectivity index (χ0v) is 24.0. The lowest BCUT2D eigenvalue weighted by Gasteiger charge is -2.14. The van der Waals surface area contributed by atoms with Crippen molar-refractivity contribution >= 4 is 11.8 Å². The first-order chi connectivity index (χ1) is 19.7. The van der Waals surface area contributed by atoms with Gasteiger partial charge in [0, 0.05) is 11.6 Å². The summed E-state index contributed by atoms with van der Waals surface area (Å²) in [4.78, 5) is 17.5. The van der Waals surface area contributed by atoms with Gasteiger partial charge in [-0.2, -0.15) is 31.4 Å². The van der Waals surface area contributed by atoms with Crippen molar-refractivity contribution in [3.05, 3.63) is 100 Å². The highest BCUT2D eigenvalue weighted by Crippen LogP contribution is 2.31. The third-order valence-electron chi connectivity index (χ3n) is 5.97. The zero-order chi connectivity index (χ0) is 31.5. The van der Waals surface area contributed by atoms with Gasteiger partial charge < -0.3 is 10.1 Å². The minimum Gasteiger partial charge on any atom is -0.483 e. The highest BCUT2D eigenvalue weighted by molar-refractivity contribution is 5.95. The minimum atomic E-state index is -4.77. The third-order valence-corrected chi connectivity index (χ3v) is 5.97. The number of hydrogen-bond acceptors (Lipinski definition) is 4. The number of carbonyl (C=O) groups is 1. The highest BCUT2D eigenvalue weighted by Gasteiger charge is 2.36. The van der Waals surface area contributed by atoms with Gasteiger partial charge in [-0.15, -0.1) is 0 Å². The number of rotatable bonds is 11. The first kappa shape index (κ1) is 34.1. The van der Waals surface area contributed by atoms with Crippen LogP contribution in [0, 0.1) is 0 Å². The Morgan fingerprint density at radius 3 is 2.31 bits per heavy atom. The van der Waals surface area contributed by atoms with Crippen LogP contribution in [-0.2, 0) is 17.5 Å². The van der Waals surface area contributed by atoms with Crippen molar-refractivity contribution in [2.45, 2.75) is 59.4 Å². The van der Waals surface area contributed by atoms with E-state index in [1.165, 1.54) is 13.2 Å². The van der Waals surface area contributed by atoms with Crippen LogP contribution in [0.3, 0.4) is 0 Å². The van der Waals surface area contributed by atoms with E-state index in [4.69, 9.17) is 4.74 Å². The summed E-state index contributed by atoms with van der Waals surface area (Å²) in [6.07, 6.45) is -3.63. The van der Waals surface area contributed by atoms with Crippen LogP contribution in [0.4, 0.5) is 26.3 Å². The Balaban J connectivity index is 2.46. The lowest BCUT2D eigenvalue weighted by molar-refractivity contribution is -0.141. The molecule has 0 bridgehead atoms. The van der Waals surface area contributed by atoms with E-state index in [-0.39, 0.29) is 42.4 Å². The lowest BCUT2D eigenvalue weighted by atomic mass is 10.0. The zero-order valence-electron chi connectivity index (χ0n) is 24.0. The molecule has 228 valence electrons. The number of methoxy groups -OCH3 is 1. The van der Waals surface area contributed by atoms with Gasteiger partial charge in [-0.1, -0.05) is 62.4 Å². The predicted octanol–water partition coefficient (Wildman–Crippen LogP) is 7.81. The minimum absolute atomic E-state index is 0.0697. The van der Waals surface area contributed by atoms with Crippen molar-refractivity contribution in [3.8, 4) is 0 Å². The van der Waals surface area contributed by atoms with Gasteiger partial charge in [0.2, 0.25) is 5.90 Å². The van der Waals surface area contributed by atoms with E-state index in [2.05, 4.69) is 15.4 Å². The highest BCUT2D eigenvalue weighted by atomic mass is 19.4. The van der Waals surface area contributed by atoms with Crippen LogP contribution in [0.25, 0.3) is 0 Å². The quantitative estimate of drug-likeness (QED) is 0.125. The molecule has 0 radical (unpaired) electrons. The summed E-state index contributed by atoms with van der Waals surface area (Å²) < 4.78 is 87.5. The summed E-state index contributed by atoms with van der Waals surface area (Å²) in [5, 5.41) is 6.07. The van der Waals surface area contributed by atoms with Crippen LogP contribution in [0.5, 0.6) is 0 Å². The number of aliphatic imine (C=N–C) groups is 1. The van der Waals surface area contributed by atoms with E-state index >= 15 is 0 Å². The number of nitrogens with zero attached hydrogens (tertiary/aromatic N) is 3. The molecule has 1 N–H and O–H groups in total. The average Bonchev–Trinajstić information content (AvgIpc) is 3.36. The fourth-order valence-electron chi connectivity index (χ4n) is 3.74. The average molecular weight is 597 g/mol. The molecule has 2 rings (SSSR count). The fourth-order valence-corrected chi connectivity index (χ4v) is 3.74. The van der Waals surface area contributed by atoms with E-state index in [0.29, 0.717) is 23.6 Å². The number of allylic oxidation sites excluding steroid dienone is 6. The number of amides is 1. The molecule has 1 heterocycles. The molecule has 0 fully saturated rings. The predicted molar refractivity (Wildman–Crippen MR) is 150 cm³/mol. The lowest BCUT2D eigenvalue weighted by Crippen LogP contribution is -2.32. The van der Waals surface area contributed by atoms with Crippen LogP contribution >= 0.6 is 0 Å². The van der Waals surface area contributed by atoms with Crippen LogP contribution in [0.1, 0.15) is 62.3 Å². The van der Waals surface area contributed by atoms with E-state index in [0.717, 1.165) is 16.8 Å². The van der Waals surface area contributed by atoms with Gasteiger partial charge in [0.15, 0.2) is 5.69 Å². The summed E-state index contributed by atoms with van der Waals surface area (Å²) >= 11 is 0. The maximum absolute atomic E-state index is 13.7. The SMILES string of the molecule is C\C=C/C(=C\C(=C\CC)C(F)(F)F)C(N=C(CNC(=O)c1cc(C(F)(F)F)nn1Cc1ccccc1)OC)=C(C)CC. The van der Waals surface area contributed by atoms with Crippen molar-refractivity contribution in [3.63, 3.8) is 0 Å². The van der Waals surface area contributed by atoms with Gasteiger partial charge in [0.1, 0.15) is 5.69 Å². The molecule has 1 aromatic carbocycles. The Bertz CT molecular complexity index is 1360. The second kappa shape index (κ2) is 15.2. The second-order valence-corrected chi connectivity index (χ2v) is 9.10. The molecule has 0 aliphatic carbocycles. The van der Waals surface area contributed by atoms with Crippen LogP contribution in [-0.4, -0.2) is 41.4 Å². The summed E-state index contributed by atoms with van der Waals surface area (Å²) in [6.45, 7) is 6.32. The van der Waals surface area contributed by atoms with Gasteiger partial charge in [0.05, 0.1) is 31.5 Å². The first-order valence-electron chi connectivity index (χ1n) is 13.2. The molecule has 0 spiro atoms. The summed E-state index contributed by atoms with van der Waals surface area (Å²) in [6, 6.07) is 9.19. The fraction of sp³-hybridized carbons (Fsp3) is 0.367. The number of alkyl halides is 6. The molecule has 0 unspecified atom stereocenters. The largest absolute Gasteiger partial charge is 0.483 e. The molecule has 2 aromatic rings. The van der Waals surface area contributed by atoms with Gasteiger partial charge in [-0.25, -0.2) is 4.99 Å². The smallest absolute Gasteiger partial charge is 0.435 e. The first-order valence-corrected chi connectivity index (χ1v) is 13.2. The molecule has 1 amide bonds. The Morgan fingerprint density at radius 2 is 1.79 bits per heavy atom. The van der Waals surface area contributed by atoms with E-state index < -0.39 is 29.5 Å². The van der Waals surface area contributed by atoms with Crippen molar-refractivity contribution in [1.82, 2.24) is 15.1 Å². The van der Waals surface area contributed by atoms with Crippen molar-refractivity contribution in [2.75, 3.05) is 13.7 Å². The Kier molecular flexibility index (Phi) is 12.4. The monoisotopic (exact) mass is 596 g/mol. The van der Waals surface area contributed by atoms with E-state index in [9.17, 15) is 31.1 Å². The molecule has 6 nitrogen and oxygen atoms in total. The number of nitrogens with one attached hydrogen (secondary N) is 1. The number of benzene rings is 1. The van der Waals surface area contributed by atoms with E-state index in [1.807, 2.05) is 6.92 Å². The van der Waals surface area contributed by atoms with Gasteiger partial charge in [0.25, 0.3) is 5.91 Å². The molecular weight excluding hydrogens is 562 g/mol. The molecule has 0 saturated heterocycles. The van der Waals surface area contributed by atoms with Crippen molar-refractivity contribution < 1.29 is 35.9 Å². The molecule has 12 heteroatoms. The van der Waals surface area contributed by atoms with Crippen molar-refractivity contribution in [1.29, 1.82) is 0 Å². The van der Waals surface area contributed by atoms with Gasteiger partial charge >= 0.3 is 12.4 Å². The molecular formula is C30H34F6N4O2. The molecule has 0 aliphatic heterocycles. The standard InChI is InChI=1S/C30H34F6N4O2/c1-6-12-22(16-23(13-7-2)29(31,32)33)27(20(4)8-3)38-26(42-5)18-37-28(41)24-17-25(30(34,35)36)39-40(24)19-21-14-10-9-11-15-21/h6,9-17H,7-8,18-19H2,1-5H3,(H,37,41)/b12-6-,22-16+,23-13-,27-20?,38-26?. The number of hydrogen-bond donors (Lipinski definition) is 1. The van der Waals surface area contributed by atoms with Crippen LogP contribution < -0.4 is 5.32 Å². The summed E-state index contributed by atoms with van der Waals surface area (Å²) in [5.41, 5.74) is -0.744. The Labute approximate surface area is 241 Å². The van der Waals surface area contributed by atoms with Crippen molar-refractivity contribution in [2.24, 2.45) is 4.99 Å². The normalized spacial score (nSPS) is 14.3. The molecule has 0 saturated carbocycles. The molecule has 1 aromatic heterocycles. The van der Waals surface area contributed by atoms with E-state index in [1.54, 1.807) is 57.2 Å². The molecule has 0 aliphatic rings. The number of ether oxygens (including phenoxy) is 1. The summed E-state index contributed by atoms with van der Waals surface area (Å²) in [5.74, 6) is -0.939. The molecule has 0 atom stereocenters. The number of carbonyl (C=O) groups excluding carboxylic acids is 1. The van der Waals surface area contributed by atoms with Gasteiger partial charge in [-0.05, 0) is 43.9 Å². The maximum atomic E-state index is 13.7. The Hall–Kier alpha value is -4.09. The molecule has 42 heavy (non-hydrogen) atoms. The summed E-state index contributed by atoms with van der Waals surface area (Å²) in [7, 11) is 1.27. The van der Waals surface area contributed by atoms with Gasteiger partial charge in [-0.3, -0.25) is 9.48 Å². The maximum Gasteiger partial charge on any atom is 0.435 e. The second-order valence-electron chi connectivity index (χ2n) is 9.10. The topological polar surface area (TPSA) is 68.5 Å². The number of aromatic nitrogens is 2.